The fourth-order valence-electron chi connectivity index (χ4n) is 2.31. The van der Waals surface area contributed by atoms with Crippen molar-refractivity contribution in [3.05, 3.63) is 53.6 Å². The molecule has 108 valence electrons. The van der Waals surface area contributed by atoms with Crippen molar-refractivity contribution >= 4 is 11.6 Å². The lowest BCUT2D eigenvalue weighted by molar-refractivity contribution is -0.0339. The first-order chi connectivity index (χ1) is 10.2. The van der Waals surface area contributed by atoms with Crippen LogP contribution in [0.25, 0.3) is 11.6 Å². The van der Waals surface area contributed by atoms with Crippen molar-refractivity contribution in [1.29, 1.82) is 0 Å². The van der Waals surface area contributed by atoms with Gasteiger partial charge in [0.15, 0.2) is 0 Å². The first-order valence-corrected chi connectivity index (χ1v) is 6.79. The summed E-state index contributed by atoms with van der Waals surface area (Å²) in [5.41, 5.74) is 2.69. The molecule has 2 aromatic carbocycles. The molecule has 1 heterocycles. The second kappa shape index (κ2) is 5.50. The van der Waals surface area contributed by atoms with Crippen LogP contribution >= 0.6 is 0 Å². The summed E-state index contributed by atoms with van der Waals surface area (Å²) < 4.78 is 11.5. The molecule has 21 heavy (non-hydrogen) atoms. The Kier molecular flexibility index (Phi) is 3.54. The van der Waals surface area contributed by atoms with Crippen LogP contribution in [-0.2, 0) is 4.74 Å². The highest BCUT2D eigenvalue weighted by atomic mass is 16.7. The van der Waals surface area contributed by atoms with E-state index in [0.717, 1.165) is 16.7 Å². The summed E-state index contributed by atoms with van der Waals surface area (Å²) in [7, 11) is 0. The van der Waals surface area contributed by atoms with Crippen molar-refractivity contribution in [2.75, 3.05) is 6.61 Å². The second-order valence-corrected chi connectivity index (χ2v) is 4.77. The summed E-state index contributed by atoms with van der Waals surface area (Å²) >= 11 is 0. The molecule has 0 fully saturated rings. The highest BCUT2D eigenvalue weighted by Gasteiger charge is 2.24. The zero-order chi connectivity index (χ0) is 14.8. The van der Waals surface area contributed by atoms with E-state index in [1.165, 1.54) is 0 Å². The first-order valence-electron chi connectivity index (χ1n) is 6.79. The molecule has 0 aliphatic carbocycles. The Balaban J connectivity index is 2.05. The van der Waals surface area contributed by atoms with Crippen LogP contribution < -0.4 is 4.74 Å². The van der Waals surface area contributed by atoms with Crippen molar-refractivity contribution in [3.8, 4) is 17.2 Å². The van der Waals surface area contributed by atoms with Crippen molar-refractivity contribution in [2.45, 2.75) is 13.2 Å². The van der Waals surface area contributed by atoms with Gasteiger partial charge in [0.2, 0.25) is 6.29 Å². The van der Waals surface area contributed by atoms with Crippen LogP contribution in [0.15, 0.2) is 42.5 Å². The highest BCUT2D eigenvalue weighted by molar-refractivity contribution is 5.86. The topological polar surface area (TPSA) is 58.9 Å². The number of phenols is 2. The van der Waals surface area contributed by atoms with E-state index in [9.17, 15) is 10.2 Å². The molecule has 0 aromatic heterocycles. The third-order valence-electron chi connectivity index (χ3n) is 3.31. The van der Waals surface area contributed by atoms with Gasteiger partial charge in [-0.3, -0.25) is 0 Å². The van der Waals surface area contributed by atoms with Crippen molar-refractivity contribution < 1.29 is 19.7 Å². The zero-order valence-corrected chi connectivity index (χ0v) is 11.6. The van der Waals surface area contributed by atoms with E-state index in [2.05, 4.69) is 0 Å². The van der Waals surface area contributed by atoms with E-state index >= 15 is 0 Å². The first kappa shape index (κ1) is 13.5. The molecular weight excluding hydrogens is 268 g/mol. The third kappa shape index (κ3) is 2.71. The average molecular weight is 284 g/mol. The van der Waals surface area contributed by atoms with Gasteiger partial charge in [-0.15, -0.1) is 0 Å². The number of hydrogen-bond donors (Lipinski definition) is 2. The summed E-state index contributed by atoms with van der Waals surface area (Å²) in [6, 6.07) is 11.9. The molecule has 0 saturated heterocycles. The molecule has 4 heteroatoms. The molecule has 2 N–H and O–H groups in total. The van der Waals surface area contributed by atoms with Gasteiger partial charge in [-0.2, -0.15) is 0 Å². The Morgan fingerprint density at radius 1 is 1.05 bits per heavy atom. The Labute approximate surface area is 122 Å². The average Bonchev–Trinajstić information content (AvgIpc) is 2.48. The molecule has 0 amide bonds. The van der Waals surface area contributed by atoms with Crippen LogP contribution in [0.1, 0.15) is 18.1 Å². The van der Waals surface area contributed by atoms with Crippen LogP contribution in [0.3, 0.4) is 0 Å². The van der Waals surface area contributed by atoms with Crippen molar-refractivity contribution in [3.63, 3.8) is 0 Å². The van der Waals surface area contributed by atoms with Crippen molar-refractivity contribution in [2.24, 2.45) is 0 Å². The van der Waals surface area contributed by atoms with Gasteiger partial charge in [-0.25, -0.2) is 0 Å². The van der Waals surface area contributed by atoms with E-state index < -0.39 is 6.29 Å². The SMILES string of the molecule is CCOC1Oc2cc(O)ccc2C=C1c1ccc(O)cc1. The van der Waals surface area contributed by atoms with Gasteiger partial charge < -0.3 is 19.7 Å². The number of ether oxygens (including phenoxy) is 2. The molecule has 4 nitrogen and oxygen atoms in total. The van der Waals surface area contributed by atoms with E-state index in [0.29, 0.717) is 12.4 Å². The fraction of sp³-hybridized carbons (Fsp3) is 0.176. The van der Waals surface area contributed by atoms with Crippen molar-refractivity contribution in [1.82, 2.24) is 0 Å². The molecule has 0 saturated carbocycles. The lowest BCUT2D eigenvalue weighted by atomic mass is 9.99. The van der Waals surface area contributed by atoms with Crippen LogP contribution in [0, 0.1) is 0 Å². The second-order valence-electron chi connectivity index (χ2n) is 4.77. The number of aromatic hydroxyl groups is 2. The minimum Gasteiger partial charge on any atom is -0.508 e. The maximum atomic E-state index is 9.55. The molecule has 2 aromatic rings. The minimum absolute atomic E-state index is 0.158. The van der Waals surface area contributed by atoms with E-state index in [4.69, 9.17) is 9.47 Å². The summed E-state index contributed by atoms with van der Waals surface area (Å²) in [6.07, 6.45) is 1.44. The number of hydrogen-bond acceptors (Lipinski definition) is 4. The summed E-state index contributed by atoms with van der Waals surface area (Å²) in [5.74, 6) is 0.968. The lowest BCUT2D eigenvalue weighted by Crippen LogP contribution is -2.25. The standard InChI is InChI=1S/C17H16O4/c1-2-20-17-15(11-3-6-13(18)7-4-11)9-12-5-8-14(19)10-16(12)21-17/h3-10,17-19H,2H2,1H3. The van der Waals surface area contributed by atoms with Gasteiger partial charge in [0.25, 0.3) is 0 Å². The van der Waals surface area contributed by atoms with Gasteiger partial charge in [-0.1, -0.05) is 12.1 Å². The Hall–Kier alpha value is -2.46. The summed E-state index contributed by atoms with van der Waals surface area (Å²) in [6.45, 7) is 2.41. The molecular formula is C17H16O4. The van der Waals surface area contributed by atoms with Crippen LogP contribution in [0.4, 0.5) is 0 Å². The summed E-state index contributed by atoms with van der Waals surface area (Å²) in [4.78, 5) is 0. The van der Waals surface area contributed by atoms with Gasteiger partial charge in [0.05, 0.1) is 0 Å². The number of rotatable bonds is 3. The highest BCUT2D eigenvalue weighted by Crippen LogP contribution is 2.37. The van der Waals surface area contributed by atoms with Crippen LogP contribution in [0.2, 0.25) is 0 Å². The molecule has 1 aliphatic rings. The molecule has 0 spiro atoms. The van der Waals surface area contributed by atoms with E-state index in [1.54, 1.807) is 30.3 Å². The quantitative estimate of drug-likeness (QED) is 0.907. The van der Waals surface area contributed by atoms with Gasteiger partial charge in [0.1, 0.15) is 17.2 Å². The zero-order valence-electron chi connectivity index (χ0n) is 11.6. The fourth-order valence-corrected chi connectivity index (χ4v) is 2.31. The Bertz CT molecular complexity index is 674. The van der Waals surface area contributed by atoms with Gasteiger partial charge in [0, 0.05) is 23.8 Å². The maximum absolute atomic E-state index is 9.55. The predicted molar refractivity (Wildman–Crippen MR) is 80.1 cm³/mol. The number of fused-ring (bicyclic) bond motifs is 1. The Morgan fingerprint density at radius 3 is 2.48 bits per heavy atom. The van der Waals surface area contributed by atoms with E-state index in [-0.39, 0.29) is 11.5 Å². The largest absolute Gasteiger partial charge is 0.508 e. The molecule has 0 radical (unpaired) electrons. The van der Waals surface area contributed by atoms with Gasteiger partial charge >= 0.3 is 0 Å². The Morgan fingerprint density at radius 2 is 1.76 bits per heavy atom. The number of phenolic OH excluding ortho intramolecular Hbond substituents is 2. The number of benzene rings is 2. The van der Waals surface area contributed by atoms with Crippen LogP contribution in [-0.4, -0.2) is 23.1 Å². The van der Waals surface area contributed by atoms with Crippen LogP contribution in [0.5, 0.6) is 17.2 Å². The smallest absolute Gasteiger partial charge is 0.227 e. The monoisotopic (exact) mass is 284 g/mol. The van der Waals surface area contributed by atoms with Gasteiger partial charge in [-0.05, 0) is 42.8 Å². The minimum atomic E-state index is -0.533. The molecule has 3 rings (SSSR count). The van der Waals surface area contributed by atoms with E-state index in [1.807, 2.05) is 25.1 Å². The summed E-state index contributed by atoms with van der Waals surface area (Å²) in [5, 5.41) is 19.0. The lowest BCUT2D eigenvalue weighted by Gasteiger charge is -2.27. The third-order valence-corrected chi connectivity index (χ3v) is 3.31. The molecule has 1 unspecified atom stereocenters. The molecule has 1 atom stereocenters. The molecule has 1 aliphatic heterocycles. The predicted octanol–water partition coefficient (Wildman–Crippen LogP) is 3.39. The molecule has 0 bridgehead atoms. The normalized spacial score (nSPS) is 16.8. The maximum Gasteiger partial charge on any atom is 0.227 e.